The summed E-state index contributed by atoms with van der Waals surface area (Å²) in [5.74, 6) is 0. The molecule has 0 bridgehead atoms. The molecule has 1 N–H and O–H groups in total. The van der Waals surface area contributed by atoms with Gasteiger partial charge in [0, 0.05) is 37.8 Å². The van der Waals surface area contributed by atoms with Crippen LogP contribution in [-0.4, -0.2) is 61.2 Å². The highest BCUT2D eigenvalue weighted by Gasteiger charge is 2.30. The van der Waals surface area contributed by atoms with Crippen molar-refractivity contribution in [2.24, 2.45) is 0 Å². The molecule has 0 radical (unpaired) electrons. The fourth-order valence-corrected chi connectivity index (χ4v) is 2.97. The van der Waals surface area contributed by atoms with Gasteiger partial charge in [-0.3, -0.25) is 4.90 Å². The standard InChI is InChI=1S/C12H25N3/c1-10-8-12(4-6-14(10)3)15-7-5-13-9-11(15)2/h10-13H,4-9H2,1-3H3. The van der Waals surface area contributed by atoms with Gasteiger partial charge in [0.05, 0.1) is 0 Å². The predicted octanol–water partition coefficient (Wildman–Crippen LogP) is 0.763. The maximum absolute atomic E-state index is 3.47. The van der Waals surface area contributed by atoms with E-state index in [1.807, 2.05) is 0 Å². The van der Waals surface area contributed by atoms with E-state index in [1.54, 1.807) is 0 Å². The van der Waals surface area contributed by atoms with Gasteiger partial charge in [-0.05, 0) is 40.3 Å². The van der Waals surface area contributed by atoms with E-state index in [4.69, 9.17) is 0 Å². The Morgan fingerprint density at radius 2 is 1.93 bits per heavy atom. The van der Waals surface area contributed by atoms with Crippen molar-refractivity contribution >= 4 is 0 Å². The van der Waals surface area contributed by atoms with Crippen LogP contribution in [0.2, 0.25) is 0 Å². The average Bonchev–Trinajstić information content (AvgIpc) is 2.23. The first-order valence-corrected chi connectivity index (χ1v) is 6.35. The van der Waals surface area contributed by atoms with Gasteiger partial charge in [0.2, 0.25) is 0 Å². The number of rotatable bonds is 1. The van der Waals surface area contributed by atoms with Crippen molar-refractivity contribution in [2.75, 3.05) is 33.2 Å². The normalized spacial score (nSPS) is 40.6. The van der Waals surface area contributed by atoms with Crippen molar-refractivity contribution in [1.82, 2.24) is 15.1 Å². The highest BCUT2D eigenvalue weighted by Crippen LogP contribution is 2.22. The predicted molar refractivity (Wildman–Crippen MR) is 64.2 cm³/mol. The fourth-order valence-electron chi connectivity index (χ4n) is 2.97. The molecule has 2 rings (SSSR count). The Bertz CT molecular complexity index is 207. The minimum atomic E-state index is 0.722. The van der Waals surface area contributed by atoms with Crippen LogP contribution in [0.4, 0.5) is 0 Å². The zero-order valence-electron chi connectivity index (χ0n) is 10.4. The van der Waals surface area contributed by atoms with Gasteiger partial charge in [-0.25, -0.2) is 0 Å². The van der Waals surface area contributed by atoms with E-state index in [0.29, 0.717) is 0 Å². The van der Waals surface area contributed by atoms with E-state index in [2.05, 4.69) is 36.0 Å². The van der Waals surface area contributed by atoms with Crippen LogP contribution < -0.4 is 5.32 Å². The van der Waals surface area contributed by atoms with E-state index < -0.39 is 0 Å². The summed E-state index contributed by atoms with van der Waals surface area (Å²) in [6, 6.07) is 2.30. The zero-order chi connectivity index (χ0) is 10.8. The lowest BCUT2D eigenvalue weighted by atomic mass is 9.95. The molecule has 3 atom stereocenters. The van der Waals surface area contributed by atoms with Crippen LogP contribution in [0.3, 0.4) is 0 Å². The fraction of sp³-hybridized carbons (Fsp3) is 1.00. The maximum Gasteiger partial charge on any atom is 0.0195 e. The number of piperazine rings is 1. The Morgan fingerprint density at radius 3 is 2.60 bits per heavy atom. The van der Waals surface area contributed by atoms with Crippen molar-refractivity contribution in [3.05, 3.63) is 0 Å². The van der Waals surface area contributed by atoms with Crippen LogP contribution in [0.5, 0.6) is 0 Å². The number of hydrogen-bond acceptors (Lipinski definition) is 3. The lowest BCUT2D eigenvalue weighted by molar-refractivity contribution is 0.0505. The molecular weight excluding hydrogens is 186 g/mol. The van der Waals surface area contributed by atoms with Crippen LogP contribution in [0.15, 0.2) is 0 Å². The van der Waals surface area contributed by atoms with Gasteiger partial charge in [0.25, 0.3) is 0 Å². The number of piperidine rings is 1. The van der Waals surface area contributed by atoms with Gasteiger partial charge in [0.1, 0.15) is 0 Å². The Kier molecular flexibility index (Phi) is 3.65. The average molecular weight is 211 g/mol. The molecule has 2 heterocycles. The summed E-state index contributed by atoms with van der Waals surface area (Å²) in [6.45, 7) is 9.56. The molecule has 2 aliphatic rings. The first kappa shape index (κ1) is 11.4. The molecule has 3 nitrogen and oxygen atoms in total. The molecule has 0 aromatic heterocycles. The van der Waals surface area contributed by atoms with Gasteiger partial charge < -0.3 is 10.2 Å². The van der Waals surface area contributed by atoms with Gasteiger partial charge in [-0.15, -0.1) is 0 Å². The molecule has 2 aliphatic heterocycles. The smallest absolute Gasteiger partial charge is 0.0195 e. The Hall–Kier alpha value is -0.120. The molecule has 2 saturated heterocycles. The topological polar surface area (TPSA) is 18.5 Å². The van der Waals surface area contributed by atoms with Crippen molar-refractivity contribution in [1.29, 1.82) is 0 Å². The quantitative estimate of drug-likeness (QED) is 0.691. The van der Waals surface area contributed by atoms with E-state index in [-0.39, 0.29) is 0 Å². The second-order valence-electron chi connectivity index (χ2n) is 5.30. The summed E-state index contributed by atoms with van der Waals surface area (Å²) in [7, 11) is 2.25. The second-order valence-corrected chi connectivity index (χ2v) is 5.30. The Morgan fingerprint density at radius 1 is 1.13 bits per heavy atom. The molecule has 15 heavy (non-hydrogen) atoms. The number of nitrogens with one attached hydrogen (secondary N) is 1. The molecule has 3 heteroatoms. The molecule has 0 aliphatic carbocycles. The van der Waals surface area contributed by atoms with Crippen molar-refractivity contribution in [2.45, 2.75) is 44.8 Å². The molecule has 0 aromatic carbocycles. The third kappa shape index (κ3) is 2.52. The summed E-state index contributed by atoms with van der Waals surface area (Å²) in [5, 5.41) is 3.47. The van der Waals surface area contributed by atoms with Gasteiger partial charge in [-0.1, -0.05) is 0 Å². The van der Waals surface area contributed by atoms with Gasteiger partial charge in [0.15, 0.2) is 0 Å². The van der Waals surface area contributed by atoms with E-state index in [1.165, 1.54) is 39.0 Å². The number of nitrogens with zero attached hydrogens (tertiary/aromatic N) is 2. The lowest BCUT2D eigenvalue weighted by Gasteiger charge is -2.45. The van der Waals surface area contributed by atoms with E-state index in [0.717, 1.165) is 18.1 Å². The van der Waals surface area contributed by atoms with Gasteiger partial charge in [-0.2, -0.15) is 0 Å². The molecule has 0 spiro atoms. The van der Waals surface area contributed by atoms with Crippen LogP contribution >= 0.6 is 0 Å². The largest absolute Gasteiger partial charge is 0.314 e. The van der Waals surface area contributed by atoms with Gasteiger partial charge >= 0.3 is 0 Å². The molecule has 0 amide bonds. The summed E-state index contributed by atoms with van der Waals surface area (Å²) in [6.07, 6.45) is 2.70. The summed E-state index contributed by atoms with van der Waals surface area (Å²) in [5.41, 5.74) is 0. The highest BCUT2D eigenvalue weighted by molar-refractivity contribution is 4.88. The maximum atomic E-state index is 3.47. The highest BCUT2D eigenvalue weighted by atomic mass is 15.3. The molecule has 0 aromatic rings. The summed E-state index contributed by atoms with van der Waals surface area (Å²) in [4.78, 5) is 5.21. The van der Waals surface area contributed by atoms with Crippen LogP contribution in [0.1, 0.15) is 26.7 Å². The molecule has 0 saturated carbocycles. The van der Waals surface area contributed by atoms with Crippen molar-refractivity contribution < 1.29 is 0 Å². The third-order valence-corrected chi connectivity index (χ3v) is 4.20. The minimum absolute atomic E-state index is 0.722. The molecule has 88 valence electrons. The monoisotopic (exact) mass is 211 g/mol. The van der Waals surface area contributed by atoms with Crippen molar-refractivity contribution in [3.63, 3.8) is 0 Å². The molecule has 2 fully saturated rings. The Labute approximate surface area is 93.8 Å². The van der Waals surface area contributed by atoms with Crippen LogP contribution in [0.25, 0.3) is 0 Å². The Balaban J connectivity index is 1.92. The second kappa shape index (κ2) is 4.81. The molecular formula is C12H25N3. The first-order chi connectivity index (χ1) is 7.18. The summed E-state index contributed by atoms with van der Waals surface area (Å²) >= 11 is 0. The third-order valence-electron chi connectivity index (χ3n) is 4.20. The first-order valence-electron chi connectivity index (χ1n) is 6.35. The zero-order valence-corrected chi connectivity index (χ0v) is 10.4. The van der Waals surface area contributed by atoms with Crippen LogP contribution in [-0.2, 0) is 0 Å². The van der Waals surface area contributed by atoms with E-state index >= 15 is 0 Å². The number of hydrogen-bond donors (Lipinski definition) is 1. The van der Waals surface area contributed by atoms with Crippen LogP contribution in [0, 0.1) is 0 Å². The van der Waals surface area contributed by atoms with E-state index in [9.17, 15) is 0 Å². The lowest BCUT2D eigenvalue weighted by Crippen LogP contribution is -2.57. The summed E-state index contributed by atoms with van der Waals surface area (Å²) < 4.78 is 0. The minimum Gasteiger partial charge on any atom is -0.314 e. The van der Waals surface area contributed by atoms with Crippen molar-refractivity contribution in [3.8, 4) is 0 Å². The number of likely N-dealkylation sites (tertiary alicyclic amines) is 1. The SMILES string of the molecule is CC1CC(N2CCNCC2C)CCN1C. The molecule has 3 unspecified atom stereocenters.